The number of carboxylic acids is 1. The van der Waals surface area contributed by atoms with Crippen LogP contribution >= 0.6 is 11.6 Å². The largest absolute Gasteiger partial charge is 0.481 e. The van der Waals surface area contributed by atoms with Crippen molar-refractivity contribution in [1.82, 2.24) is 10.2 Å². The van der Waals surface area contributed by atoms with E-state index in [9.17, 15) is 14.7 Å². The third kappa shape index (κ3) is 4.53. The number of halogens is 1. The number of carboxylic acid groups (broad SMARTS) is 1. The van der Waals surface area contributed by atoms with Gasteiger partial charge in [0.15, 0.2) is 0 Å². The van der Waals surface area contributed by atoms with Gasteiger partial charge in [0.2, 0.25) is 0 Å². The van der Waals surface area contributed by atoms with Crippen LogP contribution in [0.4, 0.5) is 0 Å². The second-order valence-electron chi connectivity index (χ2n) is 6.72. The molecule has 1 heterocycles. The van der Waals surface area contributed by atoms with Crippen LogP contribution in [0.1, 0.15) is 49.9 Å². The highest BCUT2D eigenvalue weighted by Crippen LogP contribution is 2.27. The average molecular weight is 367 g/mol. The summed E-state index contributed by atoms with van der Waals surface area (Å²) in [6, 6.07) is 7.34. The number of carbonyl (C=O) groups is 2. The first kappa shape index (κ1) is 19.7. The van der Waals surface area contributed by atoms with Gasteiger partial charge in [0.1, 0.15) is 0 Å². The highest BCUT2D eigenvalue weighted by atomic mass is 35.5. The second-order valence-corrected chi connectivity index (χ2v) is 7.13. The van der Waals surface area contributed by atoms with Crippen molar-refractivity contribution in [1.29, 1.82) is 0 Å². The van der Waals surface area contributed by atoms with E-state index in [1.165, 1.54) is 0 Å². The highest BCUT2D eigenvalue weighted by Gasteiger charge is 2.35. The minimum atomic E-state index is -0.740. The van der Waals surface area contributed by atoms with E-state index in [1.54, 1.807) is 12.1 Å². The van der Waals surface area contributed by atoms with Crippen molar-refractivity contribution >= 4 is 23.5 Å². The average Bonchev–Trinajstić information content (AvgIpc) is 2.63. The van der Waals surface area contributed by atoms with Gasteiger partial charge in [-0.3, -0.25) is 9.59 Å². The molecule has 1 aromatic carbocycles. The second kappa shape index (κ2) is 8.68. The standard InChI is InChI=1S/C19H27ClN2O3/c1-3-19(4-2,18(24)25)13-21-14-9-11-22(12-10-14)17(23)15-7-5-6-8-16(15)20/h5-8,14,21H,3-4,9-13H2,1-2H3,(H,24,25). The Balaban J connectivity index is 1.88. The quantitative estimate of drug-likeness (QED) is 0.775. The van der Waals surface area contributed by atoms with E-state index >= 15 is 0 Å². The first-order valence-corrected chi connectivity index (χ1v) is 9.32. The fourth-order valence-electron chi connectivity index (χ4n) is 3.31. The minimum Gasteiger partial charge on any atom is -0.481 e. The maximum absolute atomic E-state index is 12.6. The fraction of sp³-hybridized carbons (Fsp3) is 0.579. The molecule has 138 valence electrons. The summed E-state index contributed by atoms with van der Waals surface area (Å²) in [5.74, 6) is -0.776. The van der Waals surface area contributed by atoms with Gasteiger partial charge in [0.25, 0.3) is 5.91 Å². The molecule has 1 aliphatic heterocycles. The Bertz CT molecular complexity index is 608. The molecule has 25 heavy (non-hydrogen) atoms. The van der Waals surface area contributed by atoms with Gasteiger partial charge in [-0.15, -0.1) is 0 Å². The van der Waals surface area contributed by atoms with Gasteiger partial charge in [-0.25, -0.2) is 0 Å². The number of aliphatic carboxylic acids is 1. The van der Waals surface area contributed by atoms with E-state index in [2.05, 4.69) is 5.32 Å². The Morgan fingerprint density at radius 2 is 1.84 bits per heavy atom. The van der Waals surface area contributed by atoms with Crippen LogP contribution in [0.15, 0.2) is 24.3 Å². The van der Waals surface area contributed by atoms with Gasteiger partial charge in [-0.1, -0.05) is 37.6 Å². The van der Waals surface area contributed by atoms with Crippen LogP contribution in [-0.4, -0.2) is 47.6 Å². The number of nitrogens with zero attached hydrogens (tertiary/aromatic N) is 1. The molecule has 0 atom stereocenters. The summed E-state index contributed by atoms with van der Waals surface area (Å²) in [6.45, 7) is 5.62. The van der Waals surface area contributed by atoms with E-state index in [4.69, 9.17) is 11.6 Å². The van der Waals surface area contributed by atoms with Crippen molar-refractivity contribution in [3.8, 4) is 0 Å². The molecule has 6 heteroatoms. The van der Waals surface area contributed by atoms with E-state index in [0.29, 0.717) is 43.1 Å². The number of likely N-dealkylation sites (tertiary alicyclic amines) is 1. The summed E-state index contributed by atoms with van der Waals surface area (Å²) in [5, 5.41) is 13.4. The molecule has 0 saturated carbocycles. The molecule has 0 unspecified atom stereocenters. The van der Waals surface area contributed by atoms with E-state index in [-0.39, 0.29) is 11.9 Å². The predicted octanol–water partition coefficient (Wildman–Crippen LogP) is 3.43. The van der Waals surface area contributed by atoms with Crippen molar-refractivity contribution in [3.63, 3.8) is 0 Å². The third-order valence-electron chi connectivity index (χ3n) is 5.42. The van der Waals surface area contributed by atoms with Gasteiger partial charge in [-0.2, -0.15) is 0 Å². The third-order valence-corrected chi connectivity index (χ3v) is 5.75. The molecule has 5 nitrogen and oxygen atoms in total. The smallest absolute Gasteiger partial charge is 0.310 e. The number of benzene rings is 1. The van der Waals surface area contributed by atoms with Crippen molar-refractivity contribution < 1.29 is 14.7 Å². The predicted molar refractivity (Wildman–Crippen MR) is 99.0 cm³/mol. The molecule has 2 rings (SSSR count). The topological polar surface area (TPSA) is 69.6 Å². The van der Waals surface area contributed by atoms with Crippen LogP contribution in [0, 0.1) is 5.41 Å². The molecule has 0 aliphatic carbocycles. The number of nitrogens with one attached hydrogen (secondary N) is 1. The molecule has 1 saturated heterocycles. The Kier molecular flexibility index (Phi) is 6.85. The summed E-state index contributed by atoms with van der Waals surface area (Å²) >= 11 is 6.11. The SMILES string of the molecule is CCC(CC)(CNC1CCN(C(=O)c2ccccc2Cl)CC1)C(=O)O. The molecule has 0 radical (unpaired) electrons. The number of carbonyl (C=O) groups excluding carboxylic acids is 1. The van der Waals surface area contributed by atoms with E-state index in [1.807, 2.05) is 30.9 Å². The Labute approximate surface area is 154 Å². The normalized spacial score (nSPS) is 16.0. The van der Waals surface area contributed by atoms with E-state index < -0.39 is 11.4 Å². The van der Waals surface area contributed by atoms with Crippen LogP contribution in [0.3, 0.4) is 0 Å². The summed E-state index contributed by atoms with van der Waals surface area (Å²) in [5.41, 5.74) is -0.165. The molecular formula is C19H27ClN2O3. The van der Waals surface area contributed by atoms with Crippen LogP contribution in [-0.2, 0) is 4.79 Å². The number of hydrogen-bond acceptors (Lipinski definition) is 3. The molecule has 0 aromatic heterocycles. The van der Waals surface area contributed by atoms with Gasteiger partial charge < -0.3 is 15.3 Å². The molecule has 0 bridgehead atoms. The number of piperidine rings is 1. The van der Waals surface area contributed by atoms with Crippen LogP contribution < -0.4 is 5.32 Å². The summed E-state index contributed by atoms with van der Waals surface area (Å²) < 4.78 is 0. The molecule has 1 fully saturated rings. The Hall–Kier alpha value is -1.59. The van der Waals surface area contributed by atoms with Crippen LogP contribution in [0.2, 0.25) is 5.02 Å². The monoisotopic (exact) mass is 366 g/mol. The first-order valence-electron chi connectivity index (χ1n) is 8.94. The van der Waals surface area contributed by atoms with Crippen molar-refractivity contribution in [2.24, 2.45) is 5.41 Å². The Morgan fingerprint density at radius 1 is 1.24 bits per heavy atom. The maximum Gasteiger partial charge on any atom is 0.310 e. The molecular weight excluding hydrogens is 340 g/mol. The number of rotatable bonds is 7. The van der Waals surface area contributed by atoms with Gasteiger partial charge in [0.05, 0.1) is 16.0 Å². The lowest BCUT2D eigenvalue weighted by atomic mass is 9.82. The molecule has 2 N–H and O–H groups in total. The summed E-state index contributed by atoms with van der Waals surface area (Å²) in [7, 11) is 0. The minimum absolute atomic E-state index is 0.0361. The molecule has 1 aliphatic rings. The molecule has 1 aromatic rings. The first-order chi connectivity index (χ1) is 11.9. The lowest BCUT2D eigenvalue weighted by Crippen LogP contribution is -2.49. The van der Waals surface area contributed by atoms with Crippen molar-refractivity contribution in [2.45, 2.75) is 45.6 Å². The zero-order valence-electron chi connectivity index (χ0n) is 14.9. The fourth-order valence-corrected chi connectivity index (χ4v) is 3.53. The molecule has 0 spiro atoms. The number of amides is 1. The van der Waals surface area contributed by atoms with Gasteiger partial charge >= 0.3 is 5.97 Å². The van der Waals surface area contributed by atoms with Crippen LogP contribution in [0.5, 0.6) is 0 Å². The Morgan fingerprint density at radius 3 is 2.36 bits per heavy atom. The summed E-state index contributed by atoms with van der Waals surface area (Å²) in [4.78, 5) is 26.0. The molecule has 1 amide bonds. The zero-order valence-corrected chi connectivity index (χ0v) is 15.7. The van der Waals surface area contributed by atoms with Crippen molar-refractivity contribution in [3.05, 3.63) is 34.9 Å². The zero-order chi connectivity index (χ0) is 18.4. The van der Waals surface area contributed by atoms with Gasteiger partial charge in [-0.05, 0) is 37.8 Å². The van der Waals surface area contributed by atoms with E-state index in [0.717, 1.165) is 12.8 Å². The lowest BCUT2D eigenvalue weighted by Gasteiger charge is -2.35. The summed E-state index contributed by atoms with van der Waals surface area (Å²) in [6.07, 6.45) is 2.85. The van der Waals surface area contributed by atoms with Gasteiger partial charge in [0, 0.05) is 25.7 Å². The van der Waals surface area contributed by atoms with Crippen LogP contribution in [0.25, 0.3) is 0 Å². The number of hydrogen-bond donors (Lipinski definition) is 2. The highest BCUT2D eigenvalue weighted by molar-refractivity contribution is 6.33. The van der Waals surface area contributed by atoms with Crippen molar-refractivity contribution in [2.75, 3.05) is 19.6 Å². The maximum atomic E-state index is 12.6. The lowest BCUT2D eigenvalue weighted by molar-refractivity contribution is -0.149.